The Morgan fingerprint density at radius 1 is 1.33 bits per heavy atom. The number of nitrogens with zero attached hydrogens (tertiary/aromatic N) is 2. The van der Waals surface area contributed by atoms with Crippen molar-refractivity contribution in [3.05, 3.63) is 53.3 Å². The Balaban J connectivity index is 2.19. The smallest absolute Gasteiger partial charge is 0.406 e. The van der Waals surface area contributed by atoms with Crippen molar-refractivity contribution >= 4 is 11.9 Å². The van der Waals surface area contributed by atoms with Crippen molar-refractivity contribution in [1.29, 1.82) is 0 Å². The van der Waals surface area contributed by atoms with Gasteiger partial charge in [0, 0.05) is 17.3 Å². The van der Waals surface area contributed by atoms with E-state index in [0.717, 1.165) is 0 Å². The van der Waals surface area contributed by atoms with Crippen LogP contribution < -0.4 is 0 Å². The Kier molecular flexibility index (Phi) is 3.78. The Labute approximate surface area is 133 Å². The van der Waals surface area contributed by atoms with E-state index in [1.54, 1.807) is 6.07 Å². The second kappa shape index (κ2) is 5.66. The van der Waals surface area contributed by atoms with Gasteiger partial charge in [-0.2, -0.15) is 18.3 Å². The lowest BCUT2D eigenvalue weighted by molar-refractivity contribution is -0.153. The molecule has 0 unspecified atom stereocenters. The molecular weight excluding hydrogens is 327 g/mol. The molecule has 2 atom stereocenters. The van der Waals surface area contributed by atoms with E-state index >= 15 is 0 Å². The lowest BCUT2D eigenvalue weighted by atomic mass is 9.80. The highest BCUT2D eigenvalue weighted by Crippen LogP contribution is 2.43. The number of hydrogen-bond donors (Lipinski definition) is 2. The van der Waals surface area contributed by atoms with Gasteiger partial charge in [0.15, 0.2) is 0 Å². The average Bonchev–Trinajstić information content (AvgIpc) is 3.02. The Bertz CT molecular complexity index is 774. The Hall–Kier alpha value is -2.84. The van der Waals surface area contributed by atoms with Gasteiger partial charge in [0.25, 0.3) is 5.91 Å². The van der Waals surface area contributed by atoms with Crippen molar-refractivity contribution < 1.29 is 27.9 Å². The molecule has 0 aliphatic carbocycles. The number of hydrogen-bond acceptors (Lipinski definition) is 3. The number of aromatic nitrogens is 2. The predicted octanol–water partition coefficient (Wildman–Crippen LogP) is 2.34. The number of rotatable bonds is 3. The minimum atomic E-state index is -4.66. The molecule has 0 saturated heterocycles. The van der Waals surface area contributed by atoms with Gasteiger partial charge in [-0.1, -0.05) is 18.2 Å². The number of H-pyrrole nitrogens is 1. The molecule has 1 aliphatic heterocycles. The molecule has 0 bridgehead atoms. The van der Waals surface area contributed by atoms with Crippen LogP contribution in [0.5, 0.6) is 0 Å². The molecule has 6 nitrogen and oxygen atoms in total. The van der Waals surface area contributed by atoms with Gasteiger partial charge in [-0.05, 0) is 11.6 Å². The monoisotopic (exact) mass is 339 g/mol. The van der Waals surface area contributed by atoms with E-state index in [-0.39, 0.29) is 16.7 Å². The predicted molar refractivity (Wildman–Crippen MR) is 75.2 cm³/mol. The van der Waals surface area contributed by atoms with Crippen LogP contribution in [0.4, 0.5) is 13.2 Å². The maximum absolute atomic E-state index is 13.0. The minimum Gasteiger partial charge on any atom is -0.481 e. The molecule has 9 heteroatoms. The highest BCUT2D eigenvalue weighted by Gasteiger charge is 2.48. The third-order valence-corrected chi connectivity index (χ3v) is 3.92. The molecule has 1 aromatic carbocycles. The van der Waals surface area contributed by atoms with Gasteiger partial charge in [0.2, 0.25) is 0 Å². The number of carboxylic acid groups (broad SMARTS) is 1. The van der Waals surface area contributed by atoms with Gasteiger partial charge in [-0.15, -0.1) is 0 Å². The number of benzene rings is 1. The van der Waals surface area contributed by atoms with Gasteiger partial charge >= 0.3 is 12.1 Å². The van der Waals surface area contributed by atoms with Gasteiger partial charge in [0.1, 0.15) is 12.5 Å². The van der Waals surface area contributed by atoms with E-state index in [2.05, 4.69) is 10.2 Å². The number of amides is 1. The molecule has 1 aliphatic rings. The molecular formula is C15H12F3N3O3. The zero-order valence-corrected chi connectivity index (χ0v) is 12.1. The maximum Gasteiger partial charge on any atom is 0.406 e. The van der Waals surface area contributed by atoms with Gasteiger partial charge in [-0.25, -0.2) is 0 Å². The van der Waals surface area contributed by atoms with Crippen molar-refractivity contribution in [2.75, 3.05) is 6.54 Å². The number of halogens is 3. The van der Waals surface area contributed by atoms with Crippen molar-refractivity contribution in [1.82, 2.24) is 15.1 Å². The van der Waals surface area contributed by atoms with E-state index in [9.17, 15) is 27.9 Å². The van der Waals surface area contributed by atoms with Crippen LogP contribution in [0.2, 0.25) is 0 Å². The number of aromatic amines is 1. The summed E-state index contributed by atoms with van der Waals surface area (Å²) in [7, 11) is 0. The summed E-state index contributed by atoms with van der Waals surface area (Å²) in [6, 6.07) is 4.52. The fourth-order valence-corrected chi connectivity index (χ4v) is 3.02. The van der Waals surface area contributed by atoms with Crippen molar-refractivity contribution in [3.8, 4) is 0 Å². The van der Waals surface area contributed by atoms with Crippen LogP contribution in [0, 0.1) is 0 Å². The fraction of sp³-hybridized carbons (Fsp3) is 0.267. The quantitative estimate of drug-likeness (QED) is 0.899. The molecule has 1 aromatic heterocycles. The summed E-state index contributed by atoms with van der Waals surface area (Å²) in [6.45, 7) is -1.54. The second-order valence-corrected chi connectivity index (χ2v) is 5.43. The molecule has 1 amide bonds. The SMILES string of the molecule is O=C(O)[C@@H]1c2ccccc2C(=O)N(CC(F)(F)F)[C@H]1c1cn[nH]c1. The normalized spacial score (nSPS) is 20.8. The van der Waals surface area contributed by atoms with Gasteiger partial charge < -0.3 is 10.0 Å². The second-order valence-electron chi connectivity index (χ2n) is 5.43. The molecule has 0 saturated carbocycles. The number of fused-ring (bicyclic) bond motifs is 1. The van der Waals surface area contributed by atoms with Gasteiger partial charge in [-0.3, -0.25) is 14.7 Å². The molecule has 2 aromatic rings. The first-order chi connectivity index (χ1) is 11.3. The zero-order valence-electron chi connectivity index (χ0n) is 12.1. The summed E-state index contributed by atoms with van der Waals surface area (Å²) in [6.07, 6.45) is -2.14. The first kappa shape index (κ1) is 16.0. The number of nitrogens with one attached hydrogen (secondary N) is 1. The third-order valence-electron chi connectivity index (χ3n) is 3.92. The first-order valence-electron chi connectivity index (χ1n) is 6.97. The van der Waals surface area contributed by atoms with Crippen LogP contribution in [0.25, 0.3) is 0 Å². The summed E-state index contributed by atoms with van der Waals surface area (Å²) >= 11 is 0. The number of alkyl halides is 3. The zero-order chi connectivity index (χ0) is 17.5. The standard InChI is InChI=1S/C15H12F3N3O3/c16-15(17,18)7-21-12(8-5-19-20-6-8)11(14(23)24)9-3-1-2-4-10(9)13(21)22/h1-6,11-12H,7H2,(H,19,20)(H,23,24)/t11-,12+/m1/s1. The van der Waals surface area contributed by atoms with Crippen LogP contribution >= 0.6 is 0 Å². The van der Waals surface area contributed by atoms with Crippen LogP contribution in [-0.2, 0) is 4.79 Å². The van der Waals surface area contributed by atoms with Crippen LogP contribution in [-0.4, -0.2) is 44.8 Å². The van der Waals surface area contributed by atoms with E-state index < -0.39 is 36.6 Å². The first-order valence-corrected chi connectivity index (χ1v) is 6.97. The molecule has 126 valence electrons. The summed E-state index contributed by atoms with van der Waals surface area (Å²) in [5, 5.41) is 15.7. The molecule has 0 spiro atoms. The van der Waals surface area contributed by atoms with Crippen LogP contribution in [0.3, 0.4) is 0 Å². The average molecular weight is 339 g/mol. The Morgan fingerprint density at radius 2 is 2.04 bits per heavy atom. The highest BCUT2D eigenvalue weighted by atomic mass is 19.4. The summed E-state index contributed by atoms with van der Waals surface area (Å²) in [4.78, 5) is 24.9. The van der Waals surface area contributed by atoms with Crippen LogP contribution in [0.15, 0.2) is 36.7 Å². The highest BCUT2D eigenvalue weighted by molar-refractivity contribution is 6.00. The summed E-state index contributed by atoms with van der Waals surface area (Å²) in [5.74, 6) is -3.49. The third kappa shape index (κ3) is 2.72. The largest absolute Gasteiger partial charge is 0.481 e. The number of aliphatic carboxylic acids is 1. The molecule has 24 heavy (non-hydrogen) atoms. The van der Waals surface area contributed by atoms with E-state index in [0.29, 0.717) is 4.90 Å². The van der Waals surface area contributed by atoms with Crippen LogP contribution in [0.1, 0.15) is 33.4 Å². The fourth-order valence-electron chi connectivity index (χ4n) is 3.02. The molecule has 0 fully saturated rings. The molecule has 0 radical (unpaired) electrons. The number of carbonyl (C=O) groups is 2. The lowest BCUT2D eigenvalue weighted by Crippen LogP contribution is -2.48. The Morgan fingerprint density at radius 3 is 2.62 bits per heavy atom. The maximum atomic E-state index is 13.0. The van der Waals surface area contributed by atoms with E-state index in [1.807, 2.05) is 0 Å². The molecule has 3 rings (SSSR count). The minimum absolute atomic E-state index is 0.0334. The van der Waals surface area contributed by atoms with Crippen molar-refractivity contribution in [2.24, 2.45) is 0 Å². The van der Waals surface area contributed by atoms with E-state index in [4.69, 9.17) is 0 Å². The van der Waals surface area contributed by atoms with E-state index in [1.165, 1.54) is 30.6 Å². The van der Waals surface area contributed by atoms with Crippen molar-refractivity contribution in [3.63, 3.8) is 0 Å². The number of carbonyl (C=O) groups excluding carboxylic acids is 1. The topological polar surface area (TPSA) is 86.3 Å². The number of carboxylic acids is 1. The van der Waals surface area contributed by atoms with Gasteiger partial charge in [0.05, 0.1) is 12.2 Å². The van der Waals surface area contributed by atoms with Crippen molar-refractivity contribution in [2.45, 2.75) is 18.1 Å². The molecule has 2 N–H and O–H groups in total. The summed E-state index contributed by atoms with van der Waals surface area (Å²) < 4.78 is 38.9. The summed E-state index contributed by atoms with van der Waals surface area (Å²) in [5.41, 5.74) is 0.364. The lowest BCUT2D eigenvalue weighted by Gasteiger charge is -2.40. The molecule has 2 heterocycles.